The highest BCUT2D eigenvalue weighted by atomic mass is 16.1. The van der Waals surface area contributed by atoms with Crippen LogP contribution in [0.15, 0.2) is 116 Å². The molecule has 0 bridgehead atoms. The number of rotatable bonds is 6. The van der Waals surface area contributed by atoms with E-state index in [1.165, 1.54) is 0 Å². The number of carbonyl (C=O) groups excluding carboxylic acids is 1. The summed E-state index contributed by atoms with van der Waals surface area (Å²) in [6.07, 6.45) is 5.09. The standard InChI is InChI=1S/C31H24N6O/c32-29-24(13-7-15-33-29)28-25(31(38)35-19-21-9-3-1-4-10-21)17-23(22-11-5-2-6-12-22)18-27(28)37-20-36-26-14-8-16-34-30(26)37/h1-18,20H,19H2,(H2,32,33)(H,35,38). The van der Waals surface area contributed by atoms with Gasteiger partial charge in [-0.3, -0.25) is 9.36 Å². The predicted molar refractivity (Wildman–Crippen MR) is 150 cm³/mol. The maximum absolute atomic E-state index is 13.9. The van der Waals surface area contributed by atoms with Crippen molar-refractivity contribution in [3.05, 3.63) is 127 Å². The van der Waals surface area contributed by atoms with Crippen LogP contribution in [0.1, 0.15) is 15.9 Å². The second-order valence-electron chi connectivity index (χ2n) is 8.85. The molecule has 7 nitrogen and oxygen atoms in total. The van der Waals surface area contributed by atoms with Gasteiger partial charge in [0.2, 0.25) is 0 Å². The molecule has 0 aliphatic rings. The van der Waals surface area contributed by atoms with E-state index < -0.39 is 0 Å². The Labute approximate surface area is 219 Å². The number of aromatic nitrogens is 4. The highest BCUT2D eigenvalue weighted by Crippen LogP contribution is 2.38. The van der Waals surface area contributed by atoms with Gasteiger partial charge in [-0.1, -0.05) is 60.7 Å². The Hall–Kier alpha value is -5.30. The second-order valence-corrected chi connectivity index (χ2v) is 8.85. The molecule has 0 saturated carbocycles. The molecule has 0 unspecified atom stereocenters. The summed E-state index contributed by atoms with van der Waals surface area (Å²) in [4.78, 5) is 27.3. The van der Waals surface area contributed by atoms with Crippen molar-refractivity contribution in [3.63, 3.8) is 0 Å². The number of pyridine rings is 2. The molecule has 3 aromatic carbocycles. The number of nitrogens with one attached hydrogen (secondary N) is 1. The molecular formula is C31H24N6O. The highest BCUT2D eigenvalue weighted by molar-refractivity contribution is 6.06. The van der Waals surface area contributed by atoms with Crippen molar-refractivity contribution < 1.29 is 4.79 Å². The molecule has 7 heteroatoms. The molecule has 0 radical (unpaired) electrons. The van der Waals surface area contributed by atoms with Gasteiger partial charge in [0.25, 0.3) is 5.91 Å². The van der Waals surface area contributed by atoms with E-state index in [9.17, 15) is 4.79 Å². The Morgan fingerprint density at radius 1 is 0.789 bits per heavy atom. The smallest absolute Gasteiger partial charge is 0.252 e. The van der Waals surface area contributed by atoms with E-state index in [0.29, 0.717) is 34.7 Å². The van der Waals surface area contributed by atoms with E-state index in [0.717, 1.165) is 27.9 Å². The third-order valence-electron chi connectivity index (χ3n) is 6.44. The van der Waals surface area contributed by atoms with Crippen LogP contribution in [-0.2, 0) is 6.54 Å². The van der Waals surface area contributed by atoms with Gasteiger partial charge in [0, 0.05) is 30.1 Å². The predicted octanol–water partition coefficient (Wildman–Crippen LogP) is 5.66. The van der Waals surface area contributed by atoms with Gasteiger partial charge in [0.15, 0.2) is 5.65 Å². The Balaban J connectivity index is 1.61. The lowest BCUT2D eigenvalue weighted by Crippen LogP contribution is -2.24. The molecule has 1 amide bonds. The lowest BCUT2D eigenvalue weighted by molar-refractivity contribution is 0.0951. The van der Waals surface area contributed by atoms with Crippen LogP contribution in [0.2, 0.25) is 0 Å². The first-order chi connectivity index (χ1) is 18.7. The first kappa shape index (κ1) is 23.1. The average Bonchev–Trinajstić information content (AvgIpc) is 3.41. The number of hydrogen-bond acceptors (Lipinski definition) is 5. The minimum Gasteiger partial charge on any atom is -0.383 e. The fraction of sp³-hybridized carbons (Fsp3) is 0.0323. The lowest BCUT2D eigenvalue weighted by Gasteiger charge is -2.19. The van der Waals surface area contributed by atoms with Crippen molar-refractivity contribution in [1.29, 1.82) is 0 Å². The average molecular weight is 497 g/mol. The number of carbonyl (C=O) groups is 1. The quantitative estimate of drug-likeness (QED) is 0.310. The summed E-state index contributed by atoms with van der Waals surface area (Å²) in [5.41, 5.74) is 13.2. The van der Waals surface area contributed by atoms with Gasteiger partial charge in [-0.2, -0.15) is 0 Å². The Morgan fingerprint density at radius 2 is 1.53 bits per heavy atom. The number of nitrogen functional groups attached to an aromatic ring is 1. The van der Waals surface area contributed by atoms with Gasteiger partial charge in [-0.05, 0) is 53.1 Å². The van der Waals surface area contributed by atoms with E-state index in [4.69, 9.17) is 5.73 Å². The zero-order valence-corrected chi connectivity index (χ0v) is 20.5. The maximum Gasteiger partial charge on any atom is 0.252 e. The number of amides is 1. The van der Waals surface area contributed by atoms with Crippen LogP contribution in [0.5, 0.6) is 0 Å². The van der Waals surface area contributed by atoms with Crippen LogP contribution in [0, 0.1) is 0 Å². The van der Waals surface area contributed by atoms with Crippen molar-refractivity contribution in [2.75, 3.05) is 5.73 Å². The van der Waals surface area contributed by atoms with Crippen LogP contribution in [0.25, 0.3) is 39.1 Å². The van der Waals surface area contributed by atoms with Gasteiger partial charge >= 0.3 is 0 Å². The molecule has 38 heavy (non-hydrogen) atoms. The van der Waals surface area contributed by atoms with Crippen molar-refractivity contribution in [1.82, 2.24) is 24.8 Å². The molecule has 6 aromatic rings. The third kappa shape index (κ3) is 4.37. The highest BCUT2D eigenvalue weighted by Gasteiger charge is 2.23. The summed E-state index contributed by atoms with van der Waals surface area (Å²) in [6.45, 7) is 0.391. The van der Waals surface area contributed by atoms with Crippen LogP contribution in [0.3, 0.4) is 0 Å². The SMILES string of the molecule is Nc1ncccc1-c1c(C(=O)NCc2ccccc2)cc(-c2ccccc2)cc1-n1cnc2cccnc21. The lowest BCUT2D eigenvalue weighted by atomic mass is 9.92. The Bertz CT molecular complexity index is 1750. The Kier molecular flexibility index (Phi) is 6.08. The number of fused-ring (bicyclic) bond motifs is 1. The first-order valence-electron chi connectivity index (χ1n) is 12.2. The molecule has 0 saturated heterocycles. The number of nitrogens with two attached hydrogens (primary N) is 1. The molecule has 0 fully saturated rings. The van der Waals surface area contributed by atoms with Gasteiger partial charge in [-0.15, -0.1) is 0 Å². The molecule has 0 atom stereocenters. The molecule has 184 valence electrons. The topological polar surface area (TPSA) is 98.7 Å². The monoisotopic (exact) mass is 496 g/mol. The minimum absolute atomic E-state index is 0.219. The molecule has 0 spiro atoms. The number of hydrogen-bond donors (Lipinski definition) is 2. The molecule has 0 aliphatic heterocycles. The molecule has 3 aromatic heterocycles. The van der Waals surface area contributed by atoms with Crippen LogP contribution < -0.4 is 11.1 Å². The van der Waals surface area contributed by atoms with E-state index in [2.05, 4.69) is 20.3 Å². The largest absolute Gasteiger partial charge is 0.383 e. The molecule has 3 N–H and O–H groups in total. The van der Waals surface area contributed by atoms with E-state index in [1.54, 1.807) is 18.7 Å². The van der Waals surface area contributed by atoms with Gasteiger partial charge in [0.05, 0.1) is 11.3 Å². The summed E-state index contributed by atoms with van der Waals surface area (Å²) in [6, 6.07) is 31.2. The van der Waals surface area contributed by atoms with Crippen molar-refractivity contribution in [3.8, 4) is 27.9 Å². The van der Waals surface area contributed by atoms with Crippen LogP contribution in [0.4, 0.5) is 5.82 Å². The van der Waals surface area contributed by atoms with Crippen molar-refractivity contribution >= 4 is 22.9 Å². The summed E-state index contributed by atoms with van der Waals surface area (Å²) in [5.74, 6) is 0.110. The summed E-state index contributed by atoms with van der Waals surface area (Å²) in [5, 5.41) is 3.09. The minimum atomic E-state index is -0.219. The van der Waals surface area contributed by atoms with Gasteiger partial charge in [-0.25, -0.2) is 15.0 Å². The van der Waals surface area contributed by atoms with Crippen molar-refractivity contribution in [2.24, 2.45) is 0 Å². The maximum atomic E-state index is 13.9. The number of benzene rings is 3. The fourth-order valence-electron chi connectivity index (χ4n) is 4.60. The van der Waals surface area contributed by atoms with Gasteiger partial charge < -0.3 is 11.1 Å². The normalized spacial score (nSPS) is 10.9. The third-order valence-corrected chi connectivity index (χ3v) is 6.44. The van der Waals surface area contributed by atoms with E-state index in [-0.39, 0.29) is 5.91 Å². The molecule has 3 heterocycles. The van der Waals surface area contributed by atoms with E-state index >= 15 is 0 Å². The number of nitrogens with zero attached hydrogens (tertiary/aromatic N) is 4. The van der Waals surface area contributed by atoms with Crippen LogP contribution in [-0.4, -0.2) is 25.4 Å². The molecule has 0 aliphatic carbocycles. The van der Waals surface area contributed by atoms with Gasteiger partial charge in [0.1, 0.15) is 17.7 Å². The second kappa shape index (κ2) is 9.99. The van der Waals surface area contributed by atoms with E-state index in [1.807, 2.05) is 102 Å². The molecule has 6 rings (SSSR count). The van der Waals surface area contributed by atoms with Crippen molar-refractivity contribution in [2.45, 2.75) is 6.54 Å². The molecular weight excluding hydrogens is 472 g/mol. The van der Waals surface area contributed by atoms with Crippen LogP contribution >= 0.6 is 0 Å². The number of imidazole rings is 1. The summed E-state index contributed by atoms with van der Waals surface area (Å²) in [7, 11) is 0. The Morgan fingerprint density at radius 3 is 2.32 bits per heavy atom. The summed E-state index contributed by atoms with van der Waals surface area (Å²) < 4.78 is 1.90. The fourth-order valence-corrected chi connectivity index (χ4v) is 4.60. The zero-order chi connectivity index (χ0) is 25.9. The summed E-state index contributed by atoms with van der Waals surface area (Å²) >= 11 is 0. The zero-order valence-electron chi connectivity index (χ0n) is 20.5. The first-order valence-corrected chi connectivity index (χ1v) is 12.2. The number of anilines is 1.